The van der Waals surface area contributed by atoms with Crippen molar-refractivity contribution < 1.29 is 9.53 Å². The number of nitrogens with zero attached hydrogens (tertiary/aromatic N) is 2. The van der Waals surface area contributed by atoms with Crippen LogP contribution in [0.2, 0.25) is 0 Å². The number of hydrogen-bond donors (Lipinski definition) is 1. The number of anilines is 1. The summed E-state index contributed by atoms with van der Waals surface area (Å²) in [5.74, 6) is 1.26. The first-order chi connectivity index (χ1) is 13.0. The average Bonchev–Trinajstić information content (AvgIpc) is 3.07. The first-order valence-corrected chi connectivity index (χ1v) is 10.4. The van der Waals surface area contributed by atoms with E-state index in [1.165, 1.54) is 16.9 Å². The zero-order chi connectivity index (χ0) is 19.2. The minimum Gasteiger partial charge on any atom is -0.481 e. The van der Waals surface area contributed by atoms with Crippen molar-refractivity contribution in [1.82, 2.24) is 10.2 Å². The van der Waals surface area contributed by atoms with Gasteiger partial charge in [-0.05, 0) is 49.6 Å². The van der Waals surface area contributed by atoms with E-state index in [0.717, 1.165) is 21.2 Å². The molecule has 5 nitrogen and oxygen atoms in total. The molecule has 1 atom stereocenters. The van der Waals surface area contributed by atoms with Crippen molar-refractivity contribution in [1.29, 1.82) is 0 Å². The van der Waals surface area contributed by atoms with Gasteiger partial charge in [0.2, 0.25) is 5.13 Å². The lowest BCUT2D eigenvalue weighted by Crippen LogP contribution is -2.30. The number of carbonyl (C=O) groups excluding carboxylic acids is 1. The second kappa shape index (κ2) is 9.01. The van der Waals surface area contributed by atoms with Gasteiger partial charge in [0.05, 0.1) is 0 Å². The van der Waals surface area contributed by atoms with Crippen molar-refractivity contribution in [2.75, 3.05) is 5.32 Å². The fraction of sp³-hybridized carbons (Fsp3) is 0.250. The zero-order valence-corrected chi connectivity index (χ0v) is 17.1. The second-order valence-corrected chi connectivity index (χ2v) is 8.42. The van der Waals surface area contributed by atoms with Gasteiger partial charge < -0.3 is 4.74 Å². The Morgan fingerprint density at radius 3 is 2.56 bits per heavy atom. The summed E-state index contributed by atoms with van der Waals surface area (Å²) in [6.07, 6.45) is -0.629. The number of benzene rings is 2. The molecule has 0 bridgehead atoms. The molecule has 1 aromatic heterocycles. The van der Waals surface area contributed by atoms with E-state index in [0.29, 0.717) is 10.9 Å². The lowest BCUT2D eigenvalue weighted by atomic mass is 10.1. The Morgan fingerprint density at radius 1 is 1.15 bits per heavy atom. The number of hydrogen-bond acceptors (Lipinski definition) is 6. The fourth-order valence-corrected chi connectivity index (χ4v) is 4.21. The van der Waals surface area contributed by atoms with E-state index >= 15 is 0 Å². The molecule has 2 aromatic carbocycles. The summed E-state index contributed by atoms with van der Waals surface area (Å²) < 4.78 is 6.58. The average molecular weight is 400 g/mol. The molecule has 0 unspecified atom stereocenters. The molecule has 0 saturated heterocycles. The monoisotopic (exact) mass is 399 g/mol. The summed E-state index contributed by atoms with van der Waals surface area (Å²) in [5.41, 5.74) is 3.42. The van der Waals surface area contributed by atoms with Gasteiger partial charge in [0.1, 0.15) is 5.75 Å². The molecule has 0 radical (unpaired) electrons. The zero-order valence-electron chi connectivity index (χ0n) is 15.4. The van der Waals surface area contributed by atoms with Crippen LogP contribution in [0.5, 0.6) is 5.75 Å². The van der Waals surface area contributed by atoms with E-state index in [-0.39, 0.29) is 5.91 Å². The third-order valence-electron chi connectivity index (χ3n) is 3.72. The summed E-state index contributed by atoms with van der Waals surface area (Å²) in [5, 5.41) is 11.4. The van der Waals surface area contributed by atoms with Gasteiger partial charge in [0.15, 0.2) is 10.4 Å². The van der Waals surface area contributed by atoms with Crippen molar-refractivity contribution in [3.05, 3.63) is 65.2 Å². The Labute approximate surface area is 167 Å². The van der Waals surface area contributed by atoms with Gasteiger partial charge >= 0.3 is 0 Å². The molecular formula is C20H21N3O2S2. The number of amides is 1. The van der Waals surface area contributed by atoms with Gasteiger partial charge in [-0.2, -0.15) is 0 Å². The number of ether oxygens (including phenoxy) is 1. The summed E-state index contributed by atoms with van der Waals surface area (Å²) in [4.78, 5) is 12.4. The van der Waals surface area contributed by atoms with Crippen molar-refractivity contribution in [3.63, 3.8) is 0 Å². The Morgan fingerprint density at radius 2 is 1.85 bits per heavy atom. The largest absolute Gasteiger partial charge is 0.481 e. The highest BCUT2D eigenvalue weighted by molar-refractivity contribution is 8.00. The van der Waals surface area contributed by atoms with Crippen LogP contribution in [0.1, 0.15) is 23.6 Å². The molecule has 0 fully saturated rings. The van der Waals surface area contributed by atoms with Crippen molar-refractivity contribution in [2.45, 2.75) is 37.0 Å². The Balaban J connectivity index is 1.53. The molecule has 0 aliphatic rings. The number of rotatable bonds is 7. The van der Waals surface area contributed by atoms with E-state index in [1.54, 1.807) is 18.7 Å². The lowest BCUT2D eigenvalue weighted by molar-refractivity contribution is -0.122. The minimum absolute atomic E-state index is 0.245. The molecular weight excluding hydrogens is 378 g/mol. The number of thioether (sulfide) groups is 1. The minimum atomic E-state index is -0.629. The third kappa shape index (κ3) is 5.80. The second-order valence-electron chi connectivity index (χ2n) is 6.22. The summed E-state index contributed by atoms with van der Waals surface area (Å²) >= 11 is 2.96. The standard InChI is InChI=1S/C20H21N3O2S2/c1-13-9-14(2)11-17(10-13)25-15(3)18(24)21-19-22-23-20(27-19)26-12-16-7-5-4-6-8-16/h4-11,15H,12H2,1-3H3,(H,21,22,24)/t15-/m1/s1. The fourth-order valence-electron chi connectivity index (χ4n) is 2.50. The summed E-state index contributed by atoms with van der Waals surface area (Å²) in [7, 11) is 0. The summed E-state index contributed by atoms with van der Waals surface area (Å²) in [6, 6.07) is 16.1. The van der Waals surface area contributed by atoms with Gasteiger partial charge in [-0.15, -0.1) is 10.2 Å². The van der Waals surface area contributed by atoms with Crippen LogP contribution in [0.4, 0.5) is 5.13 Å². The molecule has 1 heterocycles. The van der Waals surface area contributed by atoms with Crippen LogP contribution in [0.3, 0.4) is 0 Å². The van der Waals surface area contributed by atoms with Crippen LogP contribution in [-0.2, 0) is 10.5 Å². The molecule has 0 aliphatic heterocycles. The van der Waals surface area contributed by atoms with Crippen LogP contribution < -0.4 is 10.1 Å². The van der Waals surface area contributed by atoms with E-state index in [9.17, 15) is 4.79 Å². The van der Waals surface area contributed by atoms with E-state index in [2.05, 4.69) is 33.7 Å². The van der Waals surface area contributed by atoms with Crippen LogP contribution in [-0.4, -0.2) is 22.2 Å². The smallest absolute Gasteiger partial charge is 0.266 e. The first-order valence-electron chi connectivity index (χ1n) is 8.55. The molecule has 0 spiro atoms. The highest BCUT2D eigenvalue weighted by atomic mass is 32.2. The van der Waals surface area contributed by atoms with Crippen molar-refractivity contribution >= 4 is 34.1 Å². The van der Waals surface area contributed by atoms with Crippen LogP contribution >= 0.6 is 23.1 Å². The Hall–Kier alpha value is -2.38. The maximum Gasteiger partial charge on any atom is 0.266 e. The normalized spacial score (nSPS) is 11.8. The predicted molar refractivity (Wildman–Crippen MR) is 111 cm³/mol. The third-order valence-corrected chi connectivity index (χ3v) is 5.76. The first kappa shape index (κ1) is 19.4. The van der Waals surface area contributed by atoms with E-state index in [4.69, 9.17) is 4.74 Å². The molecule has 0 aliphatic carbocycles. The topological polar surface area (TPSA) is 64.1 Å². The lowest BCUT2D eigenvalue weighted by Gasteiger charge is -2.14. The molecule has 3 aromatic rings. The molecule has 1 amide bonds. The van der Waals surface area contributed by atoms with E-state index < -0.39 is 6.10 Å². The Bertz CT molecular complexity index is 892. The van der Waals surface area contributed by atoms with Gasteiger partial charge in [0, 0.05) is 5.75 Å². The molecule has 1 N–H and O–H groups in total. The van der Waals surface area contributed by atoms with Crippen LogP contribution in [0.15, 0.2) is 52.9 Å². The van der Waals surface area contributed by atoms with Gasteiger partial charge in [-0.3, -0.25) is 10.1 Å². The molecule has 140 valence electrons. The number of carbonyl (C=O) groups is 1. The SMILES string of the molecule is Cc1cc(C)cc(O[C@H](C)C(=O)Nc2nnc(SCc3ccccc3)s2)c1. The van der Waals surface area contributed by atoms with Gasteiger partial charge in [-0.1, -0.05) is 59.5 Å². The molecule has 0 saturated carbocycles. The van der Waals surface area contributed by atoms with Gasteiger partial charge in [0.25, 0.3) is 5.91 Å². The van der Waals surface area contributed by atoms with Crippen LogP contribution in [0.25, 0.3) is 0 Å². The number of aryl methyl sites for hydroxylation is 2. The molecule has 7 heteroatoms. The number of nitrogens with one attached hydrogen (secondary N) is 1. The molecule has 3 rings (SSSR count). The van der Waals surface area contributed by atoms with Crippen molar-refractivity contribution in [2.24, 2.45) is 0 Å². The maximum absolute atomic E-state index is 12.4. The van der Waals surface area contributed by atoms with Crippen molar-refractivity contribution in [3.8, 4) is 5.75 Å². The van der Waals surface area contributed by atoms with Gasteiger partial charge in [-0.25, -0.2) is 0 Å². The highest BCUT2D eigenvalue weighted by Gasteiger charge is 2.17. The Kier molecular flexibility index (Phi) is 6.47. The predicted octanol–water partition coefficient (Wildman–Crippen LogP) is 4.85. The quantitative estimate of drug-likeness (QED) is 0.454. The summed E-state index contributed by atoms with van der Waals surface area (Å²) in [6.45, 7) is 5.72. The number of aromatic nitrogens is 2. The van der Waals surface area contributed by atoms with E-state index in [1.807, 2.05) is 44.2 Å². The maximum atomic E-state index is 12.4. The molecule has 27 heavy (non-hydrogen) atoms. The van der Waals surface area contributed by atoms with Crippen LogP contribution in [0, 0.1) is 13.8 Å². The highest BCUT2D eigenvalue weighted by Crippen LogP contribution is 2.28.